The maximum absolute atomic E-state index is 12.2. The molecule has 1 heterocycles. The number of benzene rings is 1. The maximum atomic E-state index is 12.2. The minimum atomic E-state index is -1.17. The van der Waals surface area contributed by atoms with Gasteiger partial charge in [0.1, 0.15) is 6.04 Å². The molecule has 2 rings (SSSR count). The van der Waals surface area contributed by atoms with Gasteiger partial charge in [0.15, 0.2) is 0 Å². The molecule has 2 N–H and O–H groups in total. The van der Waals surface area contributed by atoms with E-state index in [1.54, 1.807) is 0 Å². The van der Waals surface area contributed by atoms with E-state index in [9.17, 15) is 19.5 Å². The summed E-state index contributed by atoms with van der Waals surface area (Å²) in [6, 6.07) is 1.66. The van der Waals surface area contributed by atoms with E-state index in [1.165, 1.54) is 12.1 Å². The lowest BCUT2D eigenvalue weighted by Crippen LogP contribution is -2.40. The number of aromatic amines is 1. The largest absolute Gasteiger partial charge is 0.480 e. The zero-order valence-electron chi connectivity index (χ0n) is 11.7. The number of aliphatic carboxylic acids is 1. The summed E-state index contributed by atoms with van der Waals surface area (Å²) in [5.74, 6) is -1.17. The maximum Gasteiger partial charge on any atom is 0.326 e. The van der Waals surface area contributed by atoms with Gasteiger partial charge in [-0.15, -0.1) is 0 Å². The van der Waals surface area contributed by atoms with Crippen molar-refractivity contribution in [3.05, 3.63) is 42.9 Å². The molecule has 8 heteroatoms. The Morgan fingerprint density at radius 3 is 2.55 bits per heavy atom. The van der Waals surface area contributed by atoms with Crippen LogP contribution < -0.4 is 11.1 Å². The van der Waals surface area contributed by atoms with Gasteiger partial charge >= 0.3 is 17.1 Å². The molecule has 0 fully saturated rings. The van der Waals surface area contributed by atoms with Crippen molar-refractivity contribution < 1.29 is 9.90 Å². The Labute approximate surface area is 135 Å². The second kappa shape index (κ2) is 6.54. The third kappa shape index (κ3) is 3.03. The Morgan fingerprint density at radius 2 is 1.95 bits per heavy atom. The molecule has 1 aromatic carbocycles. The summed E-state index contributed by atoms with van der Waals surface area (Å²) in [6.07, 6.45) is 1.62. The summed E-state index contributed by atoms with van der Waals surface area (Å²) in [5, 5.41) is 9.80. The quantitative estimate of drug-likeness (QED) is 0.815. The van der Waals surface area contributed by atoms with Crippen LogP contribution in [0.4, 0.5) is 0 Å². The van der Waals surface area contributed by atoms with Gasteiger partial charge in [0.2, 0.25) is 0 Å². The molecule has 0 saturated carbocycles. The van der Waals surface area contributed by atoms with E-state index in [-0.39, 0.29) is 27.5 Å². The number of nitrogens with one attached hydrogen (secondary N) is 1. The highest BCUT2D eigenvalue weighted by atomic mass is 35.5. The Bertz CT molecular complexity index is 841. The average molecular weight is 345 g/mol. The number of halogens is 2. The van der Waals surface area contributed by atoms with Gasteiger partial charge < -0.3 is 10.1 Å². The van der Waals surface area contributed by atoms with Gasteiger partial charge in [-0.1, -0.05) is 43.0 Å². The molecule has 0 aliphatic rings. The Kier molecular flexibility index (Phi) is 4.93. The van der Waals surface area contributed by atoms with Crippen LogP contribution in [0.25, 0.3) is 11.0 Å². The highest BCUT2D eigenvalue weighted by molar-refractivity contribution is 6.42. The fourth-order valence-corrected chi connectivity index (χ4v) is 2.62. The Morgan fingerprint density at radius 1 is 1.32 bits per heavy atom. The Balaban J connectivity index is 2.82. The lowest BCUT2D eigenvalue weighted by molar-refractivity contribution is -0.141. The van der Waals surface area contributed by atoms with Crippen LogP contribution in [0.5, 0.6) is 0 Å². The van der Waals surface area contributed by atoms with Gasteiger partial charge in [0.25, 0.3) is 0 Å². The highest BCUT2D eigenvalue weighted by Crippen LogP contribution is 2.27. The standard InChI is InChI=1S/C14H14Cl2N2O4/c1-2-3-4-10(14(21)22)18-11-6-8(16)7(15)5-9(11)17-12(19)13(18)20/h5-6,10H,2-4H2,1H3,(H,17,19)(H,21,22). The zero-order valence-corrected chi connectivity index (χ0v) is 13.2. The van der Waals surface area contributed by atoms with E-state index in [2.05, 4.69) is 4.98 Å². The smallest absolute Gasteiger partial charge is 0.326 e. The number of hydrogen-bond acceptors (Lipinski definition) is 3. The molecule has 0 aliphatic heterocycles. The minimum absolute atomic E-state index is 0.175. The van der Waals surface area contributed by atoms with Gasteiger partial charge in [-0.05, 0) is 18.6 Å². The van der Waals surface area contributed by atoms with Crippen molar-refractivity contribution in [2.24, 2.45) is 0 Å². The number of carboxylic acid groups (broad SMARTS) is 1. The first-order valence-corrected chi connectivity index (χ1v) is 7.48. The fraction of sp³-hybridized carbons (Fsp3) is 0.357. The normalized spacial score (nSPS) is 12.5. The SMILES string of the molecule is CCCCC(C(=O)O)n1c(=O)c(=O)[nH]c2cc(Cl)c(Cl)cc21. The van der Waals surface area contributed by atoms with E-state index < -0.39 is 23.1 Å². The first-order chi connectivity index (χ1) is 10.4. The third-order valence-electron chi connectivity index (χ3n) is 3.39. The predicted molar refractivity (Wildman–Crippen MR) is 85.0 cm³/mol. The van der Waals surface area contributed by atoms with Crippen LogP contribution in [0.15, 0.2) is 21.7 Å². The molecular weight excluding hydrogens is 331 g/mol. The predicted octanol–water partition coefficient (Wildman–Crippen LogP) is 2.81. The summed E-state index contributed by atoms with van der Waals surface area (Å²) >= 11 is 11.9. The summed E-state index contributed by atoms with van der Waals surface area (Å²) in [7, 11) is 0. The first-order valence-electron chi connectivity index (χ1n) is 6.73. The molecule has 1 atom stereocenters. The van der Waals surface area contributed by atoms with Gasteiger partial charge in [-0.2, -0.15) is 0 Å². The van der Waals surface area contributed by atoms with Crippen LogP contribution in [0, 0.1) is 0 Å². The van der Waals surface area contributed by atoms with Crippen LogP contribution in [0.3, 0.4) is 0 Å². The van der Waals surface area contributed by atoms with Gasteiger partial charge in [-0.3, -0.25) is 14.2 Å². The molecule has 0 saturated heterocycles. The second-order valence-corrected chi connectivity index (χ2v) is 5.72. The number of aromatic nitrogens is 2. The van der Waals surface area contributed by atoms with Crippen LogP contribution >= 0.6 is 23.2 Å². The number of unbranched alkanes of at least 4 members (excludes halogenated alkanes) is 1. The molecule has 2 aromatic rings. The first kappa shape index (κ1) is 16.6. The van der Waals surface area contributed by atoms with E-state index in [0.29, 0.717) is 6.42 Å². The molecule has 1 aromatic heterocycles. The molecule has 22 heavy (non-hydrogen) atoms. The van der Waals surface area contributed by atoms with Crippen molar-refractivity contribution in [3.8, 4) is 0 Å². The molecule has 0 aliphatic carbocycles. The van der Waals surface area contributed by atoms with E-state index in [4.69, 9.17) is 23.2 Å². The van der Waals surface area contributed by atoms with Gasteiger partial charge in [0, 0.05) is 0 Å². The molecule has 1 unspecified atom stereocenters. The average Bonchev–Trinajstić information content (AvgIpc) is 2.45. The number of carboxylic acids is 1. The third-order valence-corrected chi connectivity index (χ3v) is 4.11. The lowest BCUT2D eigenvalue weighted by atomic mass is 10.1. The number of hydrogen-bond donors (Lipinski definition) is 2. The molecular formula is C14H14Cl2N2O4. The number of nitrogens with zero attached hydrogens (tertiary/aromatic N) is 1. The van der Waals surface area contributed by atoms with Crippen molar-refractivity contribution in [3.63, 3.8) is 0 Å². The minimum Gasteiger partial charge on any atom is -0.480 e. The molecule has 118 valence electrons. The summed E-state index contributed by atoms with van der Waals surface area (Å²) in [4.78, 5) is 37.9. The number of fused-ring (bicyclic) bond motifs is 1. The zero-order chi connectivity index (χ0) is 16.4. The number of carbonyl (C=O) groups is 1. The molecule has 0 radical (unpaired) electrons. The van der Waals surface area contributed by atoms with Crippen molar-refractivity contribution >= 4 is 40.2 Å². The van der Waals surface area contributed by atoms with Crippen molar-refractivity contribution in [1.29, 1.82) is 0 Å². The van der Waals surface area contributed by atoms with Gasteiger partial charge in [0.05, 0.1) is 21.1 Å². The molecule has 6 nitrogen and oxygen atoms in total. The Hall–Kier alpha value is -1.79. The fourth-order valence-electron chi connectivity index (χ4n) is 2.30. The van der Waals surface area contributed by atoms with Crippen LogP contribution in [0.1, 0.15) is 32.2 Å². The van der Waals surface area contributed by atoms with E-state index in [0.717, 1.165) is 11.0 Å². The number of H-pyrrole nitrogens is 1. The van der Waals surface area contributed by atoms with Crippen molar-refractivity contribution in [2.75, 3.05) is 0 Å². The molecule has 0 amide bonds. The van der Waals surface area contributed by atoms with Crippen LogP contribution in [0.2, 0.25) is 10.0 Å². The summed E-state index contributed by atoms with van der Waals surface area (Å²) < 4.78 is 0.981. The topological polar surface area (TPSA) is 92.2 Å². The van der Waals surface area contributed by atoms with E-state index in [1.807, 2.05) is 6.92 Å². The number of rotatable bonds is 5. The summed E-state index contributed by atoms with van der Waals surface area (Å²) in [5.41, 5.74) is -1.31. The van der Waals surface area contributed by atoms with E-state index >= 15 is 0 Å². The highest BCUT2D eigenvalue weighted by Gasteiger charge is 2.24. The van der Waals surface area contributed by atoms with Crippen LogP contribution in [-0.2, 0) is 4.79 Å². The monoisotopic (exact) mass is 344 g/mol. The van der Waals surface area contributed by atoms with Gasteiger partial charge in [-0.25, -0.2) is 4.79 Å². The van der Waals surface area contributed by atoms with Crippen molar-refractivity contribution in [2.45, 2.75) is 32.2 Å². The lowest BCUT2D eigenvalue weighted by Gasteiger charge is -2.18. The summed E-state index contributed by atoms with van der Waals surface area (Å²) in [6.45, 7) is 1.91. The molecule has 0 spiro atoms. The van der Waals surface area contributed by atoms with Crippen molar-refractivity contribution in [1.82, 2.24) is 9.55 Å². The molecule has 0 bridgehead atoms. The van der Waals surface area contributed by atoms with Crippen LogP contribution in [-0.4, -0.2) is 20.6 Å². The second-order valence-electron chi connectivity index (χ2n) is 4.91.